The Labute approximate surface area is 137 Å². The molecule has 23 heavy (non-hydrogen) atoms. The molecule has 0 aliphatic carbocycles. The first-order valence-corrected chi connectivity index (χ1v) is 8.14. The van der Waals surface area contributed by atoms with E-state index in [2.05, 4.69) is 31.0 Å². The molecule has 3 nitrogen and oxygen atoms in total. The molecule has 0 spiro atoms. The summed E-state index contributed by atoms with van der Waals surface area (Å²) in [5.41, 5.74) is 1.14. The van der Waals surface area contributed by atoms with Gasteiger partial charge in [-0.05, 0) is 24.7 Å². The van der Waals surface area contributed by atoms with Crippen LogP contribution in [0.1, 0.15) is 29.3 Å². The zero-order valence-corrected chi connectivity index (χ0v) is 13.7. The maximum atomic E-state index is 12.7. The molecule has 0 amide bonds. The van der Waals surface area contributed by atoms with Gasteiger partial charge in [0.05, 0.1) is 5.56 Å². The minimum atomic E-state index is -0.555. The van der Waals surface area contributed by atoms with Crippen molar-refractivity contribution >= 4 is 5.97 Å². The van der Waals surface area contributed by atoms with Crippen LogP contribution in [0.25, 0.3) is 0 Å². The molecule has 1 aliphatic rings. The fraction of sp³-hybridized carbons (Fsp3) is 0.350. The van der Waals surface area contributed by atoms with Gasteiger partial charge in [0, 0.05) is 25.4 Å². The lowest BCUT2D eigenvalue weighted by atomic mass is 9.76. The summed E-state index contributed by atoms with van der Waals surface area (Å²) in [5, 5.41) is 0. The second kappa shape index (κ2) is 6.55. The largest absolute Gasteiger partial charge is 0.450 e. The molecular weight excluding hydrogens is 286 g/mol. The monoisotopic (exact) mass is 309 g/mol. The summed E-state index contributed by atoms with van der Waals surface area (Å²) in [6.07, 6.45) is 0.813. The molecule has 0 radical (unpaired) electrons. The van der Waals surface area contributed by atoms with Gasteiger partial charge in [0.2, 0.25) is 0 Å². The summed E-state index contributed by atoms with van der Waals surface area (Å²) in [5.74, 6) is -0.0119. The summed E-state index contributed by atoms with van der Waals surface area (Å²) in [6.45, 7) is 4.00. The lowest BCUT2D eigenvalue weighted by Crippen LogP contribution is -2.50. The predicted octanol–water partition coefficient (Wildman–Crippen LogP) is 3.71. The first-order chi connectivity index (χ1) is 11.1. The molecule has 1 fully saturated rings. The van der Waals surface area contributed by atoms with Crippen molar-refractivity contribution in [2.75, 3.05) is 20.1 Å². The highest BCUT2D eigenvalue weighted by atomic mass is 16.6. The van der Waals surface area contributed by atoms with Crippen LogP contribution in [0.3, 0.4) is 0 Å². The number of benzene rings is 2. The molecule has 0 saturated carbocycles. The molecule has 2 atom stereocenters. The van der Waals surface area contributed by atoms with Crippen LogP contribution in [0.5, 0.6) is 0 Å². The average molecular weight is 309 g/mol. The number of ether oxygens (including phenoxy) is 1. The summed E-state index contributed by atoms with van der Waals surface area (Å²) < 4.78 is 6.15. The summed E-state index contributed by atoms with van der Waals surface area (Å²) in [4.78, 5) is 15.0. The van der Waals surface area contributed by atoms with Gasteiger partial charge < -0.3 is 9.64 Å². The van der Waals surface area contributed by atoms with E-state index < -0.39 is 5.60 Å². The smallest absolute Gasteiger partial charge is 0.339 e. The van der Waals surface area contributed by atoms with E-state index in [9.17, 15) is 4.79 Å². The van der Waals surface area contributed by atoms with Crippen molar-refractivity contribution in [2.45, 2.75) is 18.9 Å². The quantitative estimate of drug-likeness (QED) is 0.810. The van der Waals surface area contributed by atoms with Gasteiger partial charge in [-0.2, -0.15) is 0 Å². The highest BCUT2D eigenvalue weighted by molar-refractivity contribution is 5.89. The summed E-state index contributed by atoms with van der Waals surface area (Å²) in [7, 11) is 2.12. The average Bonchev–Trinajstić information content (AvgIpc) is 2.59. The normalized spacial score (nSPS) is 25.0. The van der Waals surface area contributed by atoms with E-state index in [4.69, 9.17) is 4.74 Å². The molecule has 1 saturated heterocycles. The van der Waals surface area contributed by atoms with Gasteiger partial charge in [-0.1, -0.05) is 55.5 Å². The Kier molecular flexibility index (Phi) is 4.49. The number of hydrogen-bond acceptors (Lipinski definition) is 3. The van der Waals surface area contributed by atoms with Crippen LogP contribution in [0.15, 0.2) is 60.7 Å². The number of nitrogens with zero attached hydrogens (tertiary/aromatic N) is 1. The number of likely N-dealkylation sites (tertiary alicyclic amines) is 1. The molecule has 0 bridgehead atoms. The maximum Gasteiger partial charge on any atom is 0.339 e. The van der Waals surface area contributed by atoms with Gasteiger partial charge in [0.1, 0.15) is 5.60 Å². The zero-order chi connectivity index (χ0) is 16.3. The van der Waals surface area contributed by atoms with Crippen molar-refractivity contribution in [2.24, 2.45) is 5.92 Å². The van der Waals surface area contributed by atoms with Crippen molar-refractivity contribution in [3.8, 4) is 0 Å². The molecule has 1 heterocycles. The van der Waals surface area contributed by atoms with E-state index in [1.165, 1.54) is 0 Å². The van der Waals surface area contributed by atoms with E-state index in [1.807, 2.05) is 36.4 Å². The number of carbonyl (C=O) groups is 1. The SMILES string of the molecule is CC1CN(C)CCC1(OC(=O)c1ccccc1)c1ccccc1. The van der Waals surface area contributed by atoms with Gasteiger partial charge in [0.25, 0.3) is 0 Å². The minimum absolute atomic E-state index is 0.233. The first-order valence-electron chi connectivity index (χ1n) is 8.14. The van der Waals surface area contributed by atoms with Gasteiger partial charge in [0.15, 0.2) is 0 Å². The second-order valence-corrected chi connectivity index (χ2v) is 6.42. The standard InChI is InChI=1S/C20H23NO2/c1-16-15-21(2)14-13-20(16,18-11-7-4-8-12-18)23-19(22)17-9-5-3-6-10-17/h3-12,16H,13-15H2,1-2H3. The highest BCUT2D eigenvalue weighted by Gasteiger charge is 2.44. The van der Waals surface area contributed by atoms with Crippen LogP contribution in [-0.4, -0.2) is 31.0 Å². The lowest BCUT2D eigenvalue weighted by Gasteiger charge is -2.45. The van der Waals surface area contributed by atoms with Gasteiger partial charge in [-0.3, -0.25) is 0 Å². The van der Waals surface area contributed by atoms with Crippen molar-refractivity contribution in [3.63, 3.8) is 0 Å². The van der Waals surface area contributed by atoms with E-state index in [0.29, 0.717) is 5.56 Å². The summed E-state index contributed by atoms with van der Waals surface area (Å²) >= 11 is 0. The van der Waals surface area contributed by atoms with Crippen LogP contribution in [0.4, 0.5) is 0 Å². The molecular formula is C20H23NO2. The highest BCUT2D eigenvalue weighted by Crippen LogP contribution is 2.41. The van der Waals surface area contributed by atoms with Crippen LogP contribution < -0.4 is 0 Å². The van der Waals surface area contributed by atoms with Crippen LogP contribution in [0, 0.1) is 5.92 Å². The van der Waals surface area contributed by atoms with Gasteiger partial charge in [-0.15, -0.1) is 0 Å². The molecule has 120 valence electrons. The van der Waals surface area contributed by atoms with Crippen LogP contribution in [-0.2, 0) is 10.3 Å². The van der Waals surface area contributed by atoms with E-state index >= 15 is 0 Å². The van der Waals surface area contributed by atoms with E-state index in [0.717, 1.165) is 25.1 Å². The molecule has 2 unspecified atom stereocenters. The van der Waals surface area contributed by atoms with Crippen molar-refractivity contribution in [1.82, 2.24) is 4.90 Å². The third-order valence-corrected chi connectivity index (χ3v) is 4.79. The number of esters is 1. The summed E-state index contributed by atoms with van der Waals surface area (Å²) in [6, 6.07) is 19.4. The maximum absolute atomic E-state index is 12.7. The van der Waals surface area contributed by atoms with Gasteiger partial charge >= 0.3 is 5.97 Å². The van der Waals surface area contributed by atoms with Crippen LogP contribution in [0.2, 0.25) is 0 Å². The third kappa shape index (κ3) is 3.15. The Morgan fingerprint density at radius 2 is 1.70 bits per heavy atom. The van der Waals surface area contributed by atoms with Crippen molar-refractivity contribution in [3.05, 3.63) is 71.8 Å². The number of rotatable bonds is 3. The fourth-order valence-electron chi connectivity index (χ4n) is 3.47. The molecule has 1 aliphatic heterocycles. The van der Waals surface area contributed by atoms with Gasteiger partial charge in [-0.25, -0.2) is 4.79 Å². The van der Waals surface area contributed by atoms with E-state index in [1.54, 1.807) is 12.1 Å². The topological polar surface area (TPSA) is 29.5 Å². The third-order valence-electron chi connectivity index (χ3n) is 4.79. The lowest BCUT2D eigenvalue weighted by molar-refractivity contribution is -0.0851. The Balaban J connectivity index is 1.95. The molecule has 0 N–H and O–H groups in total. The first kappa shape index (κ1) is 15.8. The molecule has 3 rings (SSSR count). The Morgan fingerprint density at radius 3 is 2.30 bits per heavy atom. The predicted molar refractivity (Wildman–Crippen MR) is 91.3 cm³/mol. The Hall–Kier alpha value is -2.13. The second-order valence-electron chi connectivity index (χ2n) is 6.42. The minimum Gasteiger partial charge on any atom is -0.450 e. The molecule has 3 heteroatoms. The number of hydrogen-bond donors (Lipinski definition) is 0. The van der Waals surface area contributed by atoms with E-state index in [-0.39, 0.29) is 11.9 Å². The molecule has 0 aromatic heterocycles. The zero-order valence-electron chi connectivity index (χ0n) is 13.7. The molecule has 2 aromatic carbocycles. The number of carbonyl (C=O) groups excluding carboxylic acids is 1. The number of piperidine rings is 1. The Morgan fingerprint density at radius 1 is 1.09 bits per heavy atom. The van der Waals surface area contributed by atoms with Crippen LogP contribution >= 0.6 is 0 Å². The van der Waals surface area contributed by atoms with Crippen molar-refractivity contribution < 1.29 is 9.53 Å². The van der Waals surface area contributed by atoms with Crippen molar-refractivity contribution in [1.29, 1.82) is 0 Å². The Bertz CT molecular complexity index is 656. The fourth-order valence-corrected chi connectivity index (χ4v) is 3.47. The molecule has 2 aromatic rings.